The van der Waals surface area contributed by atoms with Crippen LogP contribution in [-0.4, -0.2) is 23.0 Å². The summed E-state index contributed by atoms with van der Waals surface area (Å²) in [6.07, 6.45) is 3.58. The van der Waals surface area contributed by atoms with Gasteiger partial charge in [0, 0.05) is 23.9 Å². The molecule has 6 heteroatoms. The van der Waals surface area contributed by atoms with Crippen LogP contribution in [0.1, 0.15) is 36.3 Å². The Morgan fingerprint density at radius 2 is 1.92 bits per heavy atom. The van der Waals surface area contributed by atoms with E-state index >= 15 is 0 Å². The zero-order chi connectivity index (χ0) is 17.4. The Morgan fingerprint density at radius 1 is 1.17 bits per heavy atom. The zero-order valence-electron chi connectivity index (χ0n) is 13.7. The number of carbonyl (C=O) groups is 2. The second-order valence-electron chi connectivity index (χ2n) is 5.68. The SMILES string of the molecule is CC(C)CC(=O)Nc1ccc(C(=O)NN=Cc2ccccn2)cc1. The van der Waals surface area contributed by atoms with Gasteiger partial charge >= 0.3 is 0 Å². The molecule has 0 saturated heterocycles. The molecule has 0 aliphatic carbocycles. The smallest absolute Gasteiger partial charge is 0.271 e. The lowest BCUT2D eigenvalue weighted by Crippen LogP contribution is -2.18. The van der Waals surface area contributed by atoms with Crippen LogP contribution in [0, 0.1) is 5.92 Å². The van der Waals surface area contributed by atoms with Gasteiger partial charge in [-0.05, 0) is 42.3 Å². The van der Waals surface area contributed by atoms with Crippen molar-refractivity contribution in [3.05, 3.63) is 59.9 Å². The van der Waals surface area contributed by atoms with Crippen LogP contribution >= 0.6 is 0 Å². The molecule has 0 saturated carbocycles. The summed E-state index contributed by atoms with van der Waals surface area (Å²) in [7, 11) is 0. The van der Waals surface area contributed by atoms with E-state index in [9.17, 15) is 9.59 Å². The van der Waals surface area contributed by atoms with Crippen molar-refractivity contribution in [2.24, 2.45) is 11.0 Å². The van der Waals surface area contributed by atoms with Gasteiger partial charge in [-0.1, -0.05) is 19.9 Å². The molecular formula is C18H20N4O2. The largest absolute Gasteiger partial charge is 0.326 e. The lowest BCUT2D eigenvalue weighted by molar-refractivity contribution is -0.116. The number of rotatable bonds is 6. The van der Waals surface area contributed by atoms with Gasteiger partial charge in [-0.3, -0.25) is 14.6 Å². The van der Waals surface area contributed by atoms with Crippen molar-refractivity contribution in [1.82, 2.24) is 10.4 Å². The quantitative estimate of drug-likeness (QED) is 0.633. The molecule has 124 valence electrons. The van der Waals surface area contributed by atoms with Gasteiger partial charge in [0.1, 0.15) is 0 Å². The highest BCUT2D eigenvalue weighted by Gasteiger charge is 2.07. The normalized spacial score (nSPS) is 10.8. The molecule has 0 aliphatic heterocycles. The van der Waals surface area contributed by atoms with Crippen LogP contribution in [0.15, 0.2) is 53.8 Å². The Labute approximate surface area is 141 Å². The molecule has 0 radical (unpaired) electrons. The van der Waals surface area contributed by atoms with E-state index in [1.807, 2.05) is 19.9 Å². The van der Waals surface area contributed by atoms with Gasteiger partial charge in [0.2, 0.25) is 5.91 Å². The van der Waals surface area contributed by atoms with Gasteiger partial charge in [-0.2, -0.15) is 5.10 Å². The maximum Gasteiger partial charge on any atom is 0.271 e. The molecule has 2 aromatic rings. The zero-order valence-corrected chi connectivity index (χ0v) is 13.7. The van der Waals surface area contributed by atoms with E-state index in [1.54, 1.807) is 42.6 Å². The molecule has 1 aromatic heterocycles. The minimum absolute atomic E-state index is 0.0397. The van der Waals surface area contributed by atoms with Gasteiger partial charge < -0.3 is 5.32 Å². The summed E-state index contributed by atoms with van der Waals surface area (Å²) in [5.74, 6) is -0.0728. The molecule has 0 unspecified atom stereocenters. The average Bonchev–Trinajstić information content (AvgIpc) is 2.55. The number of hydrogen-bond acceptors (Lipinski definition) is 4. The van der Waals surface area contributed by atoms with Crippen molar-refractivity contribution < 1.29 is 9.59 Å². The minimum Gasteiger partial charge on any atom is -0.326 e. The number of aromatic nitrogens is 1. The molecule has 1 heterocycles. The van der Waals surface area contributed by atoms with E-state index in [0.29, 0.717) is 29.3 Å². The van der Waals surface area contributed by atoms with Crippen molar-refractivity contribution in [2.75, 3.05) is 5.32 Å². The second-order valence-corrected chi connectivity index (χ2v) is 5.68. The monoisotopic (exact) mass is 324 g/mol. The highest BCUT2D eigenvalue weighted by Crippen LogP contribution is 2.11. The first-order valence-electron chi connectivity index (χ1n) is 7.69. The highest BCUT2D eigenvalue weighted by molar-refractivity contribution is 5.96. The third-order valence-electron chi connectivity index (χ3n) is 3.08. The molecule has 0 atom stereocenters. The second kappa shape index (κ2) is 8.57. The molecule has 0 spiro atoms. The van der Waals surface area contributed by atoms with Gasteiger partial charge in [0.15, 0.2) is 0 Å². The number of amides is 2. The lowest BCUT2D eigenvalue weighted by atomic mass is 10.1. The number of nitrogens with zero attached hydrogens (tertiary/aromatic N) is 2. The lowest BCUT2D eigenvalue weighted by Gasteiger charge is -2.07. The van der Waals surface area contributed by atoms with Crippen LogP contribution in [0.25, 0.3) is 0 Å². The molecule has 1 aromatic carbocycles. The summed E-state index contributed by atoms with van der Waals surface area (Å²) in [6.45, 7) is 3.97. The van der Waals surface area contributed by atoms with Crippen LogP contribution in [0.3, 0.4) is 0 Å². The summed E-state index contributed by atoms with van der Waals surface area (Å²) < 4.78 is 0. The molecule has 2 rings (SSSR count). The first-order chi connectivity index (χ1) is 11.5. The maximum absolute atomic E-state index is 12.0. The van der Waals surface area contributed by atoms with Gasteiger partial charge in [0.05, 0.1) is 11.9 Å². The van der Waals surface area contributed by atoms with E-state index in [-0.39, 0.29) is 11.8 Å². The summed E-state index contributed by atoms with van der Waals surface area (Å²) in [4.78, 5) is 27.8. The Bertz CT molecular complexity index is 710. The van der Waals surface area contributed by atoms with Crippen LogP contribution < -0.4 is 10.7 Å². The molecule has 24 heavy (non-hydrogen) atoms. The Morgan fingerprint density at radius 3 is 2.54 bits per heavy atom. The average molecular weight is 324 g/mol. The summed E-state index contributed by atoms with van der Waals surface area (Å²) in [5.41, 5.74) is 4.21. The third kappa shape index (κ3) is 5.64. The topological polar surface area (TPSA) is 83.5 Å². The number of hydrazone groups is 1. The number of carbonyl (C=O) groups excluding carboxylic acids is 2. The molecule has 0 aliphatic rings. The number of nitrogens with one attached hydrogen (secondary N) is 2. The van der Waals surface area contributed by atoms with Crippen molar-refractivity contribution in [1.29, 1.82) is 0 Å². The standard InChI is InChI=1S/C18H20N4O2/c1-13(2)11-17(23)21-15-8-6-14(7-9-15)18(24)22-20-12-16-5-3-4-10-19-16/h3-10,12-13H,11H2,1-2H3,(H,21,23)(H,22,24). The maximum atomic E-state index is 12.0. The number of hydrogen-bond donors (Lipinski definition) is 2. The summed E-state index contributed by atoms with van der Waals surface area (Å²) in [5, 5.41) is 6.66. The molecule has 2 N–H and O–H groups in total. The summed E-state index contributed by atoms with van der Waals surface area (Å²) in [6, 6.07) is 12.1. The van der Waals surface area contributed by atoms with E-state index in [1.165, 1.54) is 6.21 Å². The number of benzene rings is 1. The third-order valence-corrected chi connectivity index (χ3v) is 3.08. The fourth-order valence-electron chi connectivity index (χ4n) is 1.96. The number of anilines is 1. The Kier molecular flexibility index (Phi) is 6.19. The molecule has 6 nitrogen and oxygen atoms in total. The molecule has 0 fully saturated rings. The van der Waals surface area contributed by atoms with Crippen molar-refractivity contribution in [3.63, 3.8) is 0 Å². The van der Waals surface area contributed by atoms with Crippen molar-refractivity contribution in [2.45, 2.75) is 20.3 Å². The van der Waals surface area contributed by atoms with Crippen molar-refractivity contribution >= 4 is 23.7 Å². The minimum atomic E-state index is -0.331. The van der Waals surface area contributed by atoms with Crippen LogP contribution in [0.2, 0.25) is 0 Å². The predicted octanol–water partition coefficient (Wildman–Crippen LogP) is 2.83. The highest BCUT2D eigenvalue weighted by atomic mass is 16.2. The van der Waals surface area contributed by atoms with E-state index in [2.05, 4.69) is 20.8 Å². The van der Waals surface area contributed by atoms with Crippen molar-refractivity contribution in [3.8, 4) is 0 Å². The first kappa shape index (κ1) is 17.3. The first-order valence-corrected chi connectivity index (χ1v) is 7.69. The van der Waals surface area contributed by atoms with Crippen LogP contribution in [0.5, 0.6) is 0 Å². The van der Waals surface area contributed by atoms with Crippen LogP contribution in [-0.2, 0) is 4.79 Å². The van der Waals surface area contributed by atoms with Gasteiger partial charge in [-0.15, -0.1) is 0 Å². The van der Waals surface area contributed by atoms with Gasteiger partial charge in [-0.25, -0.2) is 5.43 Å². The Balaban J connectivity index is 1.89. The van der Waals surface area contributed by atoms with E-state index in [0.717, 1.165) is 0 Å². The van der Waals surface area contributed by atoms with E-state index in [4.69, 9.17) is 0 Å². The van der Waals surface area contributed by atoms with Crippen LogP contribution in [0.4, 0.5) is 5.69 Å². The summed E-state index contributed by atoms with van der Waals surface area (Å²) >= 11 is 0. The molecule has 2 amide bonds. The fourth-order valence-corrected chi connectivity index (χ4v) is 1.96. The molecule has 0 bridgehead atoms. The van der Waals surface area contributed by atoms with E-state index < -0.39 is 0 Å². The Hall–Kier alpha value is -3.02. The predicted molar refractivity (Wildman–Crippen MR) is 93.8 cm³/mol. The number of pyridine rings is 1. The fraction of sp³-hybridized carbons (Fsp3) is 0.222. The molecular weight excluding hydrogens is 304 g/mol. The van der Waals surface area contributed by atoms with Gasteiger partial charge in [0.25, 0.3) is 5.91 Å².